The third-order valence-electron chi connectivity index (χ3n) is 2.17. The van der Waals surface area contributed by atoms with Crippen molar-refractivity contribution in [3.05, 3.63) is 23.7 Å². The maximum absolute atomic E-state index is 5.71. The molecule has 0 aliphatic heterocycles. The normalized spacial score (nSPS) is 11.0. The Bertz CT molecular complexity index is 483. The Morgan fingerprint density at radius 2 is 2.06 bits per heavy atom. The second kappa shape index (κ2) is 7.18. The van der Waals surface area contributed by atoms with Crippen molar-refractivity contribution in [3.63, 3.8) is 0 Å². The van der Waals surface area contributed by atoms with Crippen LogP contribution in [0.3, 0.4) is 0 Å². The Kier molecular flexibility index (Phi) is 5.55. The fraction of sp³-hybridized carbons (Fsp3) is 0.455. The Labute approximate surface area is 119 Å². The van der Waals surface area contributed by atoms with Crippen molar-refractivity contribution in [3.8, 4) is 0 Å². The van der Waals surface area contributed by atoms with Gasteiger partial charge in [0.15, 0.2) is 8.68 Å². The lowest BCUT2D eigenvalue weighted by atomic mass is 10.4. The molecule has 0 unspecified atom stereocenters. The molecule has 0 fully saturated rings. The van der Waals surface area contributed by atoms with E-state index in [0.29, 0.717) is 0 Å². The van der Waals surface area contributed by atoms with Crippen LogP contribution < -0.4 is 5.32 Å². The highest BCUT2D eigenvalue weighted by Gasteiger charge is 2.06. The van der Waals surface area contributed by atoms with E-state index in [9.17, 15) is 0 Å². The molecular formula is C11H15N3OS3. The van der Waals surface area contributed by atoms with Crippen LogP contribution in [0.5, 0.6) is 0 Å². The average molecular weight is 301 g/mol. The molecule has 7 heteroatoms. The fourth-order valence-corrected chi connectivity index (χ4v) is 3.65. The smallest absolute Gasteiger partial charge is 0.175 e. The van der Waals surface area contributed by atoms with Crippen LogP contribution in [0.25, 0.3) is 0 Å². The number of nitrogens with zero attached hydrogens (tertiary/aromatic N) is 2. The number of aromatic nitrogens is 2. The molecule has 18 heavy (non-hydrogen) atoms. The van der Waals surface area contributed by atoms with Crippen molar-refractivity contribution in [2.75, 3.05) is 12.8 Å². The van der Waals surface area contributed by atoms with Crippen molar-refractivity contribution in [1.82, 2.24) is 15.5 Å². The number of furan rings is 1. The van der Waals surface area contributed by atoms with Crippen LogP contribution in [-0.2, 0) is 12.3 Å². The van der Waals surface area contributed by atoms with Gasteiger partial charge in [-0.05, 0) is 24.9 Å². The van der Waals surface area contributed by atoms with E-state index in [1.165, 1.54) is 0 Å². The summed E-state index contributed by atoms with van der Waals surface area (Å²) in [6.45, 7) is 3.82. The standard InChI is InChI=1S/C11H15N3OS3/c1-3-12-6-8-4-5-9(15-8)7-17-11-14-13-10(16-2)18-11/h4-5,12H,3,6-7H2,1-2H3. The van der Waals surface area contributed by atoms with Gasteiger partial charge in [-0.2, -0.15) is 0 Å². The summed E-state index contributed by atoms with van der Waals surface area (Å²) in [5.74, 6) is 2.76. The summed E-state index contributed by atoms with van der Waals surface area (Å²) >= 11 is 4.91. The van der Waals surface area contributed by atoms with Gasteiger partial charge in [-0.3, -0.25) is 0 Å². The van der Waals surface area contributed by atoms with Crippen LogP contribution in [-0.4, -0.2) is 23.0 Å². The molecule has 0 amide bonds. The van der Waals surface area contributed by atoms with Gasteiger partial charge in [0.25, 0.3) is 0 Å². The quantitative estimate of drug-likeness (QED) is 0.792. The van der Waals surface area contributed by atoms with Gasteiger partial charge in [0.05, 0.1) is 12.3 Å². The third kappa shape index (κ3) is 4.01. The van der Waals surface area contributed by atoms with Gasteiger partial charge in [-0.15, -0.1) is 10.2 Å². The van der Waals surface area contributed by atoms with Crippen molar-refractivity contribution in [2.45, 2.75) is 27.9 Å². The summed E-state index contributed by atoms with van der Waals surface area (Å²) in [5.41, 5.74) is 0. The molecule has 0 saturated carbocycles. The summed E-state index contributed by atoms with van der Waals surface area (Å²) in [4.78, 5) is 0. The van der Waals surface area contributed by atoms with Crippen molar-refractivity contribution in [1.29, 1.82) is 0 Å². The third-order valence-corrected chi connectivity index (χ3v) is 5.22. The van der Waals surface area contributed by atoms with Crippen LogP contribution in [0.2, 0.25) is 0 Å². The van der Waals surface area contributed by atoms with Crippen molar-refractivity contribution < 1.29 is 4.42 Å². The van der Waals surface area contributed by atoms with E-state index >= 15 is 0 Å². The van der Waals surface area contributed by atoms with E-state index in [0.717, 1.165) is 39.0 Å². The molecule has 2 aromatic heterocycles. The molecule has 98 valence electrons. The maximum atomic E-state index is 5.71. The van der Waals surface area contributed by atoms with Gasteiger partial charge in [-0.1, -0.05) is 41.8 Å². The minimum Gasteiger partial charge on any atom is -0.464 e. The predicted octanol–water partition coefficient (Wildman–Crippen LogP) is 3.25. The van der Waals surface area contributed by atoms with E-state index in [1.54, 1.807) is 34.9 Å². The van der Waals surface area contributed by atoms with Gasteiger partial charge >= 0.3 is 0 Å². The van der Waals surface area contributed by atoms with E-state index in [4.69, 9.17) is 4.42 Å². The molecular weight excluding hydrogens is 286 g/mol. The first kappa shape index (κ1) is 13.9. The molecule has 2 heterocycles. The summed E-state index contributed by atoms with van der Waals surface area (Å²) in [6.07, 6.45) is 2.01. The highest BCUT2D eigenvalue weighted by Crippen LogP contribution is 2.29. The average Bonchev–Trinajstić information content (AvgIpc) is 3.03. The van der Waals surface area contributed by atoms with Crippen LogP contribution in [0.4, 0.5) is 0 Å². The Morgan fingerprint density at radius 1 is 1.28 bits per heavy atom. The Hall–Kier alpha value is -0.500. The van der Waals surface area contributed by atoms with Crippen molar-refractivity contribution >= 4 is 34.9 Å². The molecule has 0 spiro atoms. The summed E-state index contributed by atoms with van der Waals surface area (Å²) in [5, 5.41) is 11.4. The molecule has 0 radical (unpaired) electrons. The number of hydrogen-bond donors (Lipinski definition) is 1. The second-order valence-corrected chi connectivity index (χ2v) is 6.73. The SMILES string of the molecule is CCNCc1ccc(CSc2nnc(SC)s2)o1. The van der Waals surface area contributed by atoms with Crippen LogP contribution in [0.15, 0.2) is 25.2 Å². The van der Waals surface area contributed by atoms with Gasteiger partial charge in [-0.25, -0.2) is 0 Å². The molecule has 0 aromatic carbocycles. The van der Waals surface area contributed by atoms with E-state index in [2.05, 4.69) is 22.4 Å². The minimum absolute atomic E-state index is 0.788. The van der Waals surface area contributed by atoms with Gasteiger partial charge in [0.1, 0.15) is 11.5 Å². The molecule has 0 aliphatic carbocycles. The highest BCUT2D eigenvalue weighted by atomic mass is 32.2. The largest absolute Gasteiger partial charge is 0.464 e. The number of hydrogen-bond acceptors (Lipinski definition) is 7. The summed E-state index contributed by atoms with van der Waals surface area (Å²) < 4.78 is 7.70. The molecule has 0 atom stereocenters. The second-order valence-electron chi connectivity index (χ2n) is 3.48. The molecule has 1 N–H and O–H groups in total. The Morgan fingerprint density at radius 3 is 2.78 bits per heavy atom. The van der Waals surface area contributed by atoms with Crippen LogP contribution >= 0.6 is 34.9 Å². The molecule has 4 nitrogen and oxygen atoms in total. The number of thioether (sulfide) groups is 2. The molecule has 2 rings (SSSR count). The first-order chi connectivity index (χ1) is 8.81. The maximum Gasteiger partial charge on any atom is 0.175 e. The zero-order valence-corrected chi connectivity index (χ0v) is 12.8. The van der Waals surface area contributed by atoms with Gasteiger partial charge in [0, 0.05) is 0 Å². The highest BCUT2D eigenvalue weighted by molar-refractivity contribution is 8.02. The fourth-order valence-electron chi connectivity index (χ4n) is 1.31. The van der Waals surface area contributed by atoms with Crippen LogP contribution in [0, 0.1) is 0 Å². The molecule has 2 aromatic rings. The van der Waals surface area contributed by atoms with E-state index in [-0.39, 0.29) is 0 Å². The summed E-state index contributed by atoms with van der Waals surface area (Å²) in [7, 11) is 0. The zero-order chi connectivity index (χ0) is 12.8. The van der Waals surface area contributed by atoms with E-state index in [1.807, 2.05) is 18.4 Å². The van der Waals surface area contributed by atoms with Crippen LogP contribution in [0.1, 0.15) is 18.4 Å². The first-order valence-electron chi connectivity index (χ1n) is 5.60. The lowest BCUT2D eigenvalue weighted by molar-refractivity contribution is 0.463. The zero-order valence-electron chi connectivity index (χ0n) is 10.3. The van der Waals surface area contributed by atoms with E-state index < -0.39 is 0 Å². The van der Waals surface area contributed by atoms with Crippen molar-refractivity contribution in [2.24, 2.45) is 0 Å². The van der Waals surface area contributed by atoms with Gasteiger partial charge in [0.2, 0.25) is 0 Å². The number of rotatable bonds is 7. The lowest BCUT2D eigenvalue weighted by Gasteiger charge is -1.97. The monoisotopic (exact) mass is 301 g/mol. The minimum atomic E-state index is 0.788. The molecule has 0 saturated heterocycles. The number of nitrogens with one attached hydrogen (secondary N) is 1. The topological polar surface area (TPSA) is 51.0 Å². The Balaban J connectivity index is 1.84. The first-order valence-corrected chi connectivity index (χ1v) is 8.63. The molecule has 0 bridgehead atoms. The summed E-state index contributed by atoms with van der Waals surface area (Å²) in [6, 6.07) is 4.04. The predicted molar refractivity (Wildman–Crippen MR) is 77.3 cm³/mol. The van der Waals surface area contributed by atoms with Gasteiger partial charge < -0.3 is 9.73 Å². The lowest BCUT2D eigenvalue weighted by Crippen LogP contribution is -2.10. The molecule has 0 aliphatic rings.